The Morgan fingerprint density at radius 1 is 1.64 bits per heavy atom. The fraction of sp³-hybridized carbons (Fsp3) is 0.571. The second kappa shape index (κ2) is 5.58. The number of esters is 1. The smallest absolute Gasteiger partial charge is 0.336 e. The lowest BCUT2D eigenvalue weighted by Gasteiger charge is -1.99. The Hall–Kier alpha value is -1.19. The fourth-order valence-corrected chi connectivity index (χ4v) is 0.419. The molecule has 4 nitrogen and oxygen atoms in total. The molecule has 0 spiro atoms. The van der Waals surface area contributed by atoms with Gasteiger partial charge in [0.1, 0.15) is 0 Å². The van der Waals surface area contributed by atoms with Crippen LogP contribution in [0.5, 0.6) is 0 Å². The summed E-state index contributed by atoms with van der Waals surface area (Å²) >= 11 is 0. The molecule has 0 saturated carbocycles. The first-order chi connectivity index (χ1) is 5.20. The number of hydrogen-bond acceptors (Lipinski definition) is 4. The van der Waals surface area contributed by atoms with Gasteiger partial charge in [-0.3, -0.25) is 0 Å². The summed E-state index contributed by atoms with van der Waals surface area (Å²) in [5.41, 5.74) is 5.18. The van der Waals surface area contributed by atoms with Gasteiger partial charge in [-0.2, -0.15) is 0 Å². The van der Waals surface area contributed by atoms with Gasteiger partial charge >= 0.3 is 5.97 Å². The summed E-state index contributed by atoms with van der Waals surface area (Å²) in [6, 6.07) is 0. The standard InChI is InChI=1S/C7H13NO3/c1-3-4-11-7(9)5-6(8)10-2/h5H,3-4,8H2,1-2H3. The zero-order valence-electron chi connectivity index (χ0n) is 6.79. The van der Waals surface area contributed by atoms with Crippen molar-refractivity contribution in [1.82, 2.24) is 0 Å². The first kappa shape index (κ1) is 9.81. The van der Waals surface area contributed by atoms with Crippen molar-refractivity contribution >= 4 is 5.97 Å². The Morgan fingerprint density at radius 3 is 2.73 bits per heavy atom. The van der Waals surface area contributed by atoms with Crippen molar-refractivity contribution in [2.24, 2.45) is 5.73 Å². The molecule has 0 fully saturated rings. The van der Waals surface area contributed by atoms with Crippen LogP contribution in [0.4, 0.5) is 0 Å². The van der Waals surface area contributed by atoms with Crippen molar-refractivity contribution in [2.75, 3.05) is 13.7 Å². The monoisotopic (exact) mass is 159 g/mol. The largest absolute Gasteiger partial charge is 0.482 e. The van der Waals surface area contributed by atoms with Gasteiger partial charge < -0.3 is 15.2 Å². The Labute approximate surface area is 66.0 Å². The molecular formula is C7H13NO3. The van der Waals surface area contributed by atoms with E-state index in [2.05, 4.69) is 9.47 Å². The molecule has 0 aliphatic heterocycles. The molecule has 0 heterocycles. The van der Waals surface area contributed by atoms with Crippen LogP contribution in [0.1, 0.15) is 13.3 Å². The van der Waals surface area contributed by atoms with Crippen LogP contribution < -0.4 is 5.73 Å². The highest BCUT2D eigenvalue weighted by atomic mass is 16.5. The number of carbonyl (C=O) groups is 1. The summed E-state index contributed by atoms with van der Waals surface area (Å²) < 4.78 is 9.23. The lowest BCUT2D eigenvalue weighted by molar-refractivity contribution is -0.137. The molecule has 0 radical (unpaired) electrons. The Balaban J connectivity index is 3.67. The van der Waals surface area contributed by atoms with Gasteiger partial charge in [-0.15, -0.1) is 0 Å². The minimum atomic E-state index is -0.466. The molecule has 0 rings (SSSR count). The SMILES string of the molecule is CCCOC(=O)C=C(N)OC. The summed E-state index contributed by atoms with van der Waals surface area (Å²) in [6.45, 7) is 2.32. The maximum absolute atomic E-state index is 10.7. The summed E-state index contributed by atoms with van der Waals surface area (Å²) in [6.07, 6.45) is 1.90. The third kappa shape index (κ3) is 5.26. The van der Waals surface area contributed by atoms with Crippen LogP contribution in [0.15, 0.2) is 12.0 Å². The molecule has 4 heteroatoms. The third-order valence-corrected chi connectivity index (χ3v) is 0.944. The predicted octanol–water partition coefficient (Wildman–Crippen LogP) is 0.386. The number of rotatable bonds is 4. The minimum Gasteiger partial charge on any atom is -0.482 e. The molecule has 0 aliphatic carbocycles. The average Bonchev–Trinajstić information content (AvgIpc) is 2.00. The molecular weight excluding hydrogens is 146 g/mol. The Bertz CT molecular complexity index is 154. The first-order valence-electron chi connectivity index (χ1n) is 3.38. The molecule has 0 aromatic carbocycles. The summed E-state index contributed by atoms with van der Waals surface area (Å²) in [4.78, 5) is 10.7. The van der Waals surface area contributed by atoms with Gasteiger partial charge in [0.2, 0.25) is 0 Å². The van der Waals surface area contributed by atoms with Crippen LogP contribution in [-0.4, -0.2) is 19.7 Å². The van der Waals surface area contributed by atoms with E-state index in [4.69, 9.17) is 5.73 Å². The lowest BCUT2D eigenvalue weighted by Crippen LogP contribution is -2.07. The highest BCUT2D eigenvalue weighted by molar-refractivity contribution is 5.82. The van der Waals surface area contributed by atoms with Crippen LogP contribution >= 0.6 is 0 Å². The van der Waals surface area contributed by atoms with Gasteiger partial charge in [-0.25, -0.2) is 4.79 Å². The summed E-state index contributed by atoms with van der Waals surface area (Å²) in [7, 11) is 1.39. The first-order valence-corrected chi connectivity index (χ1v) is 3.38. The molecule has 64 valence electrons. The molecule has 0 aromatic rings. The van der Waals surface area contributed by atoms with Crippen molar-refractivity contribution in [3.63, 3.8) is 0 Å². The maximum Gasteiger partial charge on any atom is 0.336 e. The lowest BCUT2D eigenvalue weighted by atomic mass is 10.5. The van der Waals surface area contributed by atoms with Crippen LogP contribution in [-0.2, 0) is 14.3 Å². The van der Waals surface area contributed by atoms with Gasteiger partial charge in [0.05, 0.1) is 19.8 Å². The van der Waals surface area contributed by atoms with E-state index in [1.165, 1.54) is 7.11 Å². The molecule has 0 unspecified atom stereocenters. The quantitative estimate of drug-likeness (QED) is 0.366. The second-order valence-corrected chi connectivity index (χ2v) is 1.92. The van der Waals surface area contributed by atoms with Crippen molar-refractivity contribution < 1.29 is 14.3 Å². The van der Waals surface area contributed by atoms with Gasteiger partial charge in [-0.05, 0) is 6.42 Å². The molecule has 0 atom stereocenters. The Morgan fingerprint density at radius 2 is 2.27 bits per heavy atom. The van der Waals surface area contributed by atoms with E-state index in [1.54, 1.807) is 0 Å². The Kier molecular flexibility index (Phi) is 4.98. The predicted molar refractivity (Wildman–Crippen MR) is 40.5 cm³/mol. The van der Waals surface area contributed by atoms with Gasteiger partial charge in [0.25, 0.3) is 0 Å². The van der Waals surface area contributed by atoms with Crippen molar-refractivity contribution in [3.05, 3.63) is 12.0 Å². The summed E-state index contributed by atoms with van der Waals surface area (Å²) in [5.74, 6) is -0.405. The van der Waals surface area contributed by atoms with Gasteiger partial charge in [0.15, 0.2) is 5.88 Å². The molecule has 0 amide bonds. The highest BCUT2D eigenvalue weighted by Gasteiger charge is 1.97. The van der Waals surface area contributed by atoms with Gasteiger partial charge in [-0.1, -0.05) is 6.92 Å². The molecule has 2 N–H and O–H groups in total. The zero-order valence-corrected chi connectivity index (χ0v) is 6.79. The van der Waals surface area contributed by atoms with Gasteiger partial charge in [0, 0.05) is 0 Å². The van der Waals surface area contributed by atoms with E-state index in [9.17, 15) is 4.79 Å². The number of nitrogens with two attached hydrogens (primary N) is 1. The van der Waals surface area contributed by atoms with E-state index in [0.29, 0.717) is 6.61 Å². The number of ether oxygens (including phenoxy) is 2. The topological polar surface area (TPSA) is 61.5 Å². The van der Waals surface area contributed by atoms with E-state index >= 15 is 0 Å². The van der Waals surface area contributed by atoms with Crippen LogP contribution in [0.2, 0.25) is 0 Å². The highest BCUT2D eigenvalue weighted by Crippen LogP contribution is 1.88. The minimum absolute atomic E-state index is 0.0612. The normalized spacial score (nSPS) is 10.9. The molecule has 0 aromatic heterocycles. The van der Waals surface area contributed by atoms with Crippen molar-refractivity contribution in [3.8, 4) is 0 Å². The third-order valence-electron chi connectivity index (χ3n) is 0.944. The van der Waals surface area contributed by atoms with Crippen LogP contribution in [0.25, 0.3) is 0 Å². The van der Waals surface area contributed by atoms with E-state index in [-0.39, 0.29) is 5.88 Å². The van der Waals surface area contributed by atoms with E-state index in [1.807, 2.05) is 6.92 Å². The van der Waals surface area contributed by atoms with Crippen molar-refractivity contribution in [2.45, 2.75) is 13.3 Å². The average molecular weight is 159 g/mol. The maximum atomic E-state index is 10.7. The molecule has 0 saturated heterocycles. The molecule has 11 heavy (non-hydrogen) atoms. The van der Waals surface area contributed by atoms with Crippen molar-refractivity contribution in [1.29, 1.82) is 0 Å². The zero-order chi connectivity index (χ0) is 8.69. The number of carbonyl (C=O) groups excluding carboxylic acids is 1. The number of methoxy groups -OCH3 is 1. The second-order valence-electron chi connectivity index (χ2n) is 1.92. The van der Waals surface area contributed by atoms with Crippen LogP contribution in [0.3, 0.4) is 0 Å². The van der Waals surface area contributed by atoms with Crippen LogP contribution in [0, 0.1) is 0 Å². The van der Waals surface area contributed by atoms with E-state index in [0.717, 1.165) is 12.5 Å². The fourth-order valence-electron chi connectivity index (χ4n) is 0.419. The molecule has 0 aliphatic rings. The molecule has 0 bridgehead atoms. The number of hydrogen-bond donors (Lipinski definition) is 1. The summed E-state index contributed by atoms with van der Waals surface area (Å²) in [5, 5.41) is 0. The van der Waals surface area contributed by atoms with E-state index < -0.39 is 5.97 Å².